The zero-order chi connectivity index (χ0) is 44.9. The Bertz CT molecular complexity index is 2390. The van der Waals surface area contributed by atoms with Crippen LogP contribution < -0.4 is 32.7 Å². The van der Waals surface area contributed by atoms with E-state index in [9.17, 15) is 38.7 Å². The maximum atomic E-state index is 14.3. The van der Waals surface area contributed by atoms with Crippen molar-refractivity contribution in [2.75, 3.05) is 6.54 Å². The van der Waals surface area contributed by atoms with Gasteiger partial charge >= 0.3 is 5.97 Å². The molecule has 328 valence electrons. The van der Waals surface area contributed by atoms with Crippen LogP contribution in [0.4, 0.5) is 0 Å². The van der Waals surface area contributed by atoms with Crippen molar-refractivity contribution in [3.8, 4) is 0 Å². The van der Waals surface area contributed by atoms with E-state index in [1.54, 1.807) is 91.1 Å². The normalized spacial score (nSPS) is 15.9. The Morgan fingerprint density at radius 1 is 0.635 bits per heavy atom. The summed E-state index contributed by atoms with van der Waals surface area (Å²) in [6.07, 6.45) is 1.94. The van der Waals surface area contributed by atoms with Crippen LogP contribution in [-0.2, 0) is 59.2 Å². The van der Waals surface area contributed by atoms with Crippen molar-refractivity contribution in [2.45, 2.75) is 81.2 Å². The van der Waals surface area contributed by atoms with Crippen molar-refractivity contribution in [2.24, 2.45) is 11.5 Å². The van der Waals surface area contributed by atoms with Crippen molar-refractivity contribution in [3.05, 3.63) is 144 Å². The molecule has 1 aliphatic rings. The zero-order valence-electron chi connectivity index (χ0n) is 34.6. The minimum Gasteiger partial charge on any atom is -0.480 e. The molecule has 63 heavy (non-hydrogen) atoms. The van der Waals surface area contributed by atoms with Gasteiger partial charge in [0.2, 0.25) is 35.4 Å². The molecule has 1 aliphatic heterocycles. The summed E-state index contributed by atoms with van der Waals surface area (Å²) >= 11 is 0. The number of fused-ring (bicyclic) bond motifs is 1. The molecule has 0 spiro atoms. The van der Waals surface area contributed by atoms with Crippen LogP contribution in [-0.4, -0.2) is 99.2 Å². The van der Waals surface area contributed by atoms with Crippen LogP contribution in [0, 0.1) is 0 Å². The van der Waals surface area contributed by atoms with E-state index in [0.717, 1.165) is 22.0 Å². The second-order valence-corrected chi connectivity index (χ2v) is 15.7. The van der Waals surface area contributed by atoms with Crippen LogP contribution in [0.15, 0.2) is 121 Å². The number of H-pyrrole nitrogens is 1. The molecule has 1 saturated heterocycles. The number of para-hydroxylation sites is 1. The minimum atomic E-state index is -1.54. The highest BCUT2D eigenvalue weighted by Gasteiger charge is 2.40. The molecule has 0 unspecified atom stereocenters. The number of aromatic amines is 1. The lowest BCUT2D eigenvalue weighted by Crippen LogP contribution is -2.60. The van der Waals surface area contributed by atoms with Crippen LogP contribution in [0.3, 0.4) is 0 Å². The Kier molecular flexibility index (Phi) is 15.4. The van der Waals surface area contributed by atoms with Crippen LogP contribution in [0.1, 0.15) is 41.5 Å². The number of aromatic nitrogens is 1. The first-order chi connectivity index (χ1) is 30.4. The molecule has 0 bridgehead atoms. The highest BCUT2D eigenvalue weighted by Crippen LogP contribution is 2.21. The van der Waals surface area contributed by atoms with Gasteiger partial charge < -0.3 is 47.7 Å². The maximum Gasteiger partial charge on any atom is 0.326 e. The topological polar surface area (TPSA) is 259 Å². The highest BCUT2D eigenvalue weighted by atomic mass is 16.4. The molecule has 6 rings (SSSR count). The summed E-state index contributed by atoms with van der Waals surface area (Å²) in [5, 5.41) is 21.5. The van der Waals surface area contributed by atoms with Gasteiger partial charge in [0.25, 0.3) is 0 Å². The van der Waals surface area contributed by atoms with Gasteiger partial charge in [0.1, 0.15) is 30.2 Å². The molecule has 16 nitrogen and oxygen atoms in total. The number of nitrogens with one attached hydrogen (secondary N) is 5. The standard InChI is InChI=1S/C47H52N8O8/c48-34(26-32-28-50-35-20-11-10-19-33(32)35)42(57)51-36(23-29-13-4-1-5-14-29)43(58)52-37(24-30-15-6-2-7-16-30)44(59)53-38(27-41(49)56)46(61)55-22-12-21-40(55)45(60)54-39(47(62)63)25-31-17-8-3-9-18-31/h1-11,13-20,28,34,36-40,50H,12,21-27,48H2,(H2,49,56)(H,51,57)(H,52,58)(H,53,59)(H,54,60)(H,62,63)/t34-,36-,37-,38-,39-,40-/m0/s1. The van der Waals surface area contributed by atoms with E-state index in [2.05, 4.69) is 26.3 Å². The lowest BCUT2D eigenvalue weighted by Gasteiger charge is -2.30. The Hall–Kier alpha value is -7.33. The predicted molar refractivity (Wildman–Crippen MR) is 234 cm³/mol. The number of nitrogens with zero attached hydrogens (tertiary/aromatic N) is 1. The van der Waals surface area contributed by atoms with Gasteiger partial charge in [-0.3, -0.25) is 28.8 Å². The second kappa shape index (κ2) is 21.5. The molecule has 4 aromatic carbocycles. The van der Waals surface area contributed by atoms with Gasteiger partial charge in [-0.05, 0) is 47.6 Å². The van der Waals surface area contributed by atoms with Gasteiger partial charge in [0, 0.05) is 42.9 Å². The zero-order valence-corrected chi connectivity index (χ0v) is 34.6. The number of likely N-dealkylation sites (tertiary alicyclic amines) is 1. The molecule has 1 fully saturated rings. The first-order valence-corrected chi connectivity index (χ1v) is 20.8. The Balaban J connectivity index is 1.19. The number of carboxylic acid groups (broad SMARTS) is 1. The van der Waals surface area contributed by atoms with Crippen LogP contribution in [0.5, 0.6) is 0 Å². The van der Waals surface area contributed by atoms with Crippen LogP contribution >= 0.6 is 0 Å². The van der Waals surface area contributed by atoms with E-state index in [4.69, 9.17) is 11.5 Å². The quantitative estimate of drug-likeness (QED) is 0.0566. The summed E-state index contributed by atoms with van der Waals surface area (Å²) < 4.78 is 0. The number of carboxylic acids is 1. The van der Waals surface area contributed by atoms with E-state index >= 15 is 0 Å². The van der Waals surface area contributed by atoms with Crippen LogP contribution in [0.2, 0.25) is 0 Å². The minimum absolute atomic E-state index is 0.00512. The third-order valence-electron chi connectivity index (χ3n) is 11.0. The van der Waals surface area contributed by atoms with E-state index in [1.807, 2.05) is 30.3 Å². The van der Waals surface area contributed by atoms with E-state index in [1.165, 1.54) is 4.90 Å². The molecule has 2 heterocycles. The molecular weight excluding hydrogens is 805 g/mol. The lowest BCUT2D eigenvalue weighted by atomic mass is 10.0. The summed E-state index contributed by atoms with van der Waals surface area (Å²) in [6, 6.07) is 26.7. The van der Waals surface area contributed by atoms with Crippen molar-refractivity contribution in [1.82, 2.24) is 31.2 Å². The largest absolute Gasteiger partial charge is 0.480 e. The Labute approximate surface area is 364 Å². The average molecular weight is 857 g/mol. The maximum absolute atomic E-state index is 14.3. The number of aliphatic carboxylic acids is 1. The smallest absolute Gasteiger partial charge is 0.326 e. The number of primary amides is 1. The number of carbonyl (C=O) groups excluding carboxylic acids is 6. The van der Waals surface area contributed by atoms with Gasteiger partial charge in [0.15, 0.2) is 0 Å². The number of hydrogen-bond acceptors (Lipinski definition) is 8. The lowest BCUT2D eigenvalue weighted by molar-refractivity contribution is -0.145. The van der Waals surface area contributed by atoms with Gasteiger partial charge in [-0.2, -0.15) is 0 Å². The van der Waals surface area contributed by atoms with Crippen molar-refractivity contribution < 1.29 is 38.7 Å². The molecule has 0 saturated carbocycles. The first kappa shape index (κ1) is 45.2. The summed E-state index contributed by atoms with van der Waals surface area (Å²) in [5.41, 5.74) is 15.8. The van der Waals surface area contributed by atoms with Gasteiger partial charge in [-0.1, -0.05) is 109 Å². The van der Waals surface area contributed by atoms with E-state index < -0.39 is 84.1 Å². The first-order valence-electron chi connectivity index (χ1n) is 20.8. The molecule has 0 radical (unpaired) electrons. The SMILES string of the molecule is NC(=O)C[C@H](NC(=O)[C@H](Cc1ccccc1)NC(=O)[C@H](Cc1ccccc1)NC(=O)[C@@H](N)Cc1c[nH]c2ccccc12)C(=O)N1CCC[C@H]1C(=O)N[C@@H](Cc1ccccc1)C(=O)O. The molecule has 6 atom stereocenters. The molecule has 10 N–H and O–H groups in total. The second-order valence-electron chi connectivity index (χ2n) is 15.7. The summed E-state index contributed by atoms with van der Waals surface area (Å²) in [4.78, 5) is 98.9. The molecule has 5 aromatic rings. The summed E-state index contributed by atoms with van der Waals surface area (Å²) in [5.74, 6) is -5.78. The summed E-state index contributed by atoms with van der Waals surface area (Å²) in [7, 11) is 0. The predicted octanol–water partition coefficient (Wildman–Crippen LogP) is 1.66. The fourth-order valence-corrected chi connectivity index (χ4v) is 7.79. The molecular formula is C47H52N8O8. The molecule has 0 aliphatic carbocycles. The molecule has 1 aromatic heterocycles. The van der Waals surface area contributed by atoms with E-state index in [-0.39, 0.29) is 38.6 Å². The number of benzene rings is 4. The van der Waals surface area contributed by atoms with Crippen LogP contribution in [0.25, 0.3) is 10.9 Å². The monoisotopic (exact) mass is 856 g/mol. The van der Waals surface area contributed by atoms with Gasteiger partial charge in [0.05, 0.1) is 12.5 Å². The van der Waals surface area contributed by atoms with Gasteiger partial charge in [-0.25, -0.2) is 4.79 Å². The third kappa shape index (κ3) is 12.4. The molecule has 16 heteroatoms. The fraction of sp³-hybridized carbons (Fsp3) is 0.298. The fourth-order valence-electron chi connectivity index (χ4n) is 7.79. The Morgan fingerprint density at radius 3 is 1.67 bits per heavy atom. The number of rotatable bonds is 20. The number of hydrogen-bond donors (Lipinski definition) is 8. The molecule has 6 amide bonds. The van der Waals surface area contributed by atoms with E-state index in [0.29, 0.717) is 17.5 Å². The number of amides is 6. The number of carbonyl (C=O) groups is 7. The van der Waals surface area contributed by atoms with Crippen molar-refractivity contribution in [1.29, 1.82) is 0 Å². The highest BCUT2D eigenvalue weighted by molar-refractivity contribution is 5.98. The van der Waals surface area contributed by atoms with Gasteiger partial charge in [-0.15, -0.1) is 0 Å². The number of nitrogens with two attached hydrogens (primary N) is 2. The Morgan fingerprint density at radius 2 is 1.13 bits per heavy atom. The van der Waals surface area contributed by atoms with Crippen molar-refractivity contribution >= 4 is 52.3 Å². The summed E-state index contributed by atoms with van der Waals surface area (Å²) in [6.45, 7) is 0.0893. The average Bonchev–Trinajstić information content (AvgIpc) is 3.94. The third-order valence-corrected chi connectivity index (χ3v) is 11.0. The van der Waals surface area contributed by atoms with Crippen molar-refractivity contribution in [3.63, 3.8) is 0 Å².